The lowest BCUT2D eigenvalue weighted by Gasteiger charge is -2.09. The molecular formula is C16H17NO4S. The van der Waals surface area contributed by atoms with E-state index in [2.05, 4.69) is 4.72 Å². The first-order chi connectivity index (χ1) is 10.5. The van der Waals surface area contributed by atoms with E-state index < -0.39 is 10.0 Å². The standard InChI is InChI=1S/C16H17NO4S/c1-12-2-8-16(9-3-12)22(18,19)17-13-4-6-14(7-5-13)20-10-15-11-21-15/h2-9,15,17H,10-11H2,1H3. The van der Waals surface area contributed by atoms with Gasteiger partial charge in [-0.2, -0.15) is 0 Å². The van der Waals surface area contributed by atoms with Crippen LogP contribution in [0.3, 0.4) is 0 Å². The Balaban J connectivity index is 1.67. The van der Waals surface area contributed by atoms with E-state index in [1.807, 2.05) is 6.92 Å². The zero-order valence-corrected chi connectivity index (χ0v) is 13.0. The van der Waals surface area contributed by atoms with Gasteiger partial charge in [0.15, 0.2) is 0 Å². The fourth-order valence-electron chi connectivity index (χ4n) is 1.90. The fraction of sp³-hybridized carbons (Fsp3) is 0.250. The predicted molar refractivity (Wildman–Crippen MR) is 83.7 cm³/mol. The van der Waals surface area contributed by atoms with Crippen molar-refractivity contribution in [3.63, 3.8) is 0 Å². The molecule has 0 saturated carbocycles. The van der Waals surface area contributed by atoms with Crippen molar-refractivity contribution in [3.8, 4) is 5.75 Å². The van der Waals surface area contributed by atoms with Crippen molar-refractivity contribution in [1.29, 1.82) is 0 Å². The van der Waals surface area contributed by atoms with Crippen molar-refractivity contribution in [2.24, 2.45) is 0 Å². The maximum absolute atomic E-state index is 12.3. The Morgan fingerprint density at radius 2 is 1.77 bits per heavy atom. The molecule has 1 aliphatic rings. The number of hydrogen-bond donors (Lipinski definition) is 1. The van der Waals surface area contributed by atoms with Crippen LogP contribution in [-0.2, 0) is 14.8 Å². The molecule has 0 bridgehead atoms. The number of ether oxygens (including phenoxy) is 2. The highest BCUT2D eigenvalue weighted by atomic mass is 32.2. The molecule has 1 heterocycles. The van der Waals surface area contributed by atoms with Crippen molar-refractivity contribution in [1.82, 2.24) is 0 Å². The molecule has 2 aromatic rings. The third-order valence-electron chi connectivity index (χ3n) is 3.28. The van der Waals surface area contributed by atoms with Gasteiger partial charge in [0.05, 0.1) is 11.5 Å². The minimum absolute atomic E-state index is 0.194. The number of aryl methyl sites for hydroxylation is 1. The molecule has 0 amide bonds. The van der Waals surface area contributed by atoms with Gasteiger partial charge in [-0.05, 0) is 43.3 Å². The van der Waals surface area contributed by atoms with E-state index in [1.54, 1.807) is 48.5 Å². The highest BCUT2D eigenvalue weighted by molar-refractivity contribution is 7.92. The van der Waals surface area contributed by atoms with Gasteiger partial charge < -0.3 is 9.47 Å². The number of hydrogen-bond acceptors (Lipinski definition) is 4. The normalized spacial score (nSPS) is 17.0. The molecule has 5 nitrogen and oxygen atoms in total. The maximum atomic E-state index is 12.3. The van der Waals surface area contributed by atoms with E-state index in [0.29, 0.717) is 18.0 Å². The number of anilines is 1. The van der Waals surface area contributed by atoms with Crippen LogP contribution in [0, 0.1) is 6.92 Å². The second kappa shape index (κ2) is 5.98. The van der Waals surface area contributed by atoms with E-state index in [0.717, 1.165) is 12.2 Å². The molecule has 0 aromatic heterocycles. The summed E-state index contributed by atoms with van der Waals surface area (Å²) in [5.41, 5.74) is 1.51. The summed E-state index contributed by atoms with van der Waals surface area (Å²) < 4.78 is 37.6. The number of nitrogens with one attached hydrogen (secondary N) is 1. The summed E-state index contributed by atoms with van der Waals surface area (Å²) in [6.45, 7) is 3.18. The summed E-state index contributed by atoms with van der Waals surface area (Å²) in [5, 5.41) is 0. The largest absolute Gasteiger partial charge is 0.491 e. The van der Waals surface area contributed by atoms with Crippen LogP contribution in [0.4, 0.5) is 5.69 Å². The Morgan fingerprint density at radius 1 is 1.14 bits per heavy atom. The van der Waals surface area contributed by atoms with Gasteiger partial charge in [-0.1, -0.05) is 17.7 Å². The Bertz CT molecular complexity index is 735. The quantitative estimate of drug-likeness (QED) is 0.831. The zero-order chi connectivity index (χ0) is 15.6. The molecule has 0 aliphatic carbocycles. The van der Waals surface area contributed by atoms with Gasteiger partial charge in [0, 0.05) is 5.69 Å². The van der Waals surface area contributed by atoms with Crippen LogP contribution in [0.1, 0.15) is 5.56 Å². The smallest absolute Gasteiger partial charge is 0.261 e. The van der Waals surface area contributed by atoms with Gasteiger partial charge in [-0.15, -0.1) is 0 Å². The summed E-state index contributed by atoms with van der Waals surface area (Å²) in [7, 11) is -3.57. The lowest BCUT2D eigenvalue weighted by Crippen LogP contribution is -2.12. The van der Waals surface area contributed by atoms with Crippen LogP contribution in [0.15, 0.2) is 53.4 Å². The van der Waals surface area contributed by atoms with Gasteiger partial charge in [-0.3, -0.25) is 4.72 Å². The highest BCUT2D eigenvalue weighted by Gasteiger charge is 2.23. The summed E-state index contributed by atoms with van der Waals surface area (Å²) in [6.07, 6.45) is 0.194. The summed E-state index contributed by atoms with van der Waals surface area (Å²) >= 11 is 0. The molecule has 1 N–H and O–H groups in total. The Labute approximate surface area is 129 Å². The summed E-state index contributed by atoms with van der Waals surface area (Å²) in [5.74, 6) is 0.689. The molecule has 3 rings (SSSR count). The van der Waals surface area contributed by atoms with E-state index in [1.165, 1.54) is 0 Å². The fourth-order valence-corrected chi connectivity index (χ4v) is 2.96. The molecule has 2 aromatic carbocycles. The average molecular weight is 319 g/mol. The number of rotatable bonds is 6. The molecule has 1 fully saturated rings. The molecule has 22 heavy (non-hydrogen) atoms. The lowest BCUT2D eigenvalue weighted by atomic mass is 10.2. The summed E-state index contributed by atoms with van der Waals surface area (Å²) in [4.78, 5) is 0.240. The number of epoxide rings is 1. The topological polar surface area (TPSA) is 67.9 Å². The second-order valence-electron chi connectivity index (χ2n) is 5.21. The van der Waals surface area contributed by atoms with Crippen LogP contribution >= 0.6 is 0 Å². The monoisotopic (exact) mass is 319 g/mol. The van der Waals surface area contributed by atoms with Crippen molar-refractivity contribution < 1.29 is 17.9 Å². The SMILES string of the molecule is Cc1ccc(S(=O)(=O)Nc2ccc(OCC3CO3)cc2)cc1. The van der Waals surface area contributed by atoms with Crippen molar-refractivity contribution in [2.75, 3.05) is 17.9 Å². The summed E-state index contributed by atoms with van der Waals surface area (Å²) in [6, 6.07) is 13.5. The molecule has 116 valence electrons. The first-order valence-corrected chi connectivity index (χ1v) is 8.45. The van der Waals surface area contributed by atoms with Crippen LogP contribution in [0.5, 0.6) is 5.75 Å². The minimum Gasteiger partial charge on any atom is -0.491 e. The molecular weight excluding hydrogens is 302 g/mol. The van der Waals surface area contributed by atoms with Crippen LogP contribution < -0.4 is 9.46 Å². The Morgan fingerprint density at radius 3 is 2.36 bits per heavy atom. The third kappa shape index (κ3) is 3.78. The first-order valence-electron chi connectivity index (χ1n) is 6.97. The van der Waals surface area contributed by atoms with Gasteiger partial charge >= 0.3 is 0 Å². The molecule has 0 spiro atoms. The van der Waals surface area contributed by atoms with Gasteiger partial charge in [0.1, 0.15) is 18.5 Å². The van der Waals surface area contributed by atoms with Crippen molar-refractivity contribution >= 4 is 15.7 Å². The van der Waals surface area contributed by atoms with Crippen LogP contribution in [0.25, 0.3) is 0 Å². The van der Waals surface area contributed by atoms with E-state index in [4.69, 9.17) is 9.47 Å². The molecule has 1 atom stereocenters. The average Bonchev–Trinajstić information content (AvgIpc) is 3.31. The predicted octanol–water partition coefficient (Wildman–Crippen LogP) is 2.57. The maximum Gasteiger partial charge on any atom is 0.261 e. The molecule has 6 heteroatoms. The number of benzene rings is 2. The lowest BCUT2D eigenvalue weighted by molar-refractivity contribution is 0.263. The first kappa shape index (κ1) is 14.9. The van der Waals surface area contributed by atoms with Crippen molar-refractivity contribution in [2.45, 2.75) is 17.9 Å². The van der Waals surface area contributed by atoms with Crippen LogP contribution in [-0.4, -0.2) is 27.7 Å². The highest BCUT2D eigenvalue weighted by Crippen LogP contribution is 2.21. The van der Waals surface area contributed by atoms with E-state index >= 15 is 0 Å². The van der Waals surface area contributed by atoms with Gasteiger partial charge in [-0.25, -0.2) is 8.42 Å². The molecule has 1 unspecified atom stereocenters. The van der Waals surface area contributed by atoms with Gasteiger partial charge in [0.25, 0.3) is 10.0 Å². The Kier molecular flexibility index (Phi) is 4.04. The van der Waals surface area contributed by atoms with Crippen molar-refractivity contribution in [3.05, 3.63) is 54.1 Å². The molecule has 1 saturated heterocycles. The third-order valence-corrected chi connectivity index (χ3v) is 4.67. The molecule has 1 aliphatic heterocycles. The second-order valence-corrected chi connectivity index (χ2v) is 6.89. The Hall–Kier alpha value is -2.05. The molecule has 0 radical (unpaired) electrons. The minimum atomic E-state index is -3.57. The van der Waals surface area contributed by atoms with E-state index in [-0.39, 0.29) is 11.0 Å². The zero-order valence-electron chi connectivity index (χ0n) is 12.2. The number of sulfonamides is 1. The van der Waals surface area contributed by atoms with E-state index in [9.17, 15) is 8.42 Å². The van der Waals surface area contributed by atoms with Crippen LogP contribution in [0.2, 0.25) is 0 Å². The van der Waals surface area contributed by atoms with Gasteiger partial charge in [0.2, 0.25) is 0 Å².